The van der Waals surface area contributed by atoms with E-state index in [1.165, 1.54) is 0 Å². The van der Waals surface area contributed by atoms with Crippen LogP contribution in [0.15, 0.2) is 34.9 Å². The van der Waals surface area contributed by atoms with Gasteiger partial charge in [0.25, 0.3) is 5.91 Å². The van der Waals surface area contributed by atoms with Crippen molar-refractivity contribution in [1.29, 1.82) is 0 Å². The Bertz CT molecular complexity index is 1520. The van der Waals surface area contributed by atoms with E-state index in [2.05, 4.69) is 31.7 Å². The highest BCUT2D eigenvalue weighted by Crippen LogP contribution is 2.29. The predicted molar refractivity (Wildman–Crippen MR) is 178 cm³/mol. The number of hydrogen-bond donors (Lipinski definition) is 5. The maximum Gasteiger partial charge on any atom is 0.408 e. The lowest BCUT2D eigenvalue weighted by Gasteiger charge is -2.29. The highest BCUT2D eigenvalue weighted by Gasteiger charge is 2.39. The van der Waals surface area contributed by atoms with Crippen LogP contribution >= 0.6 is 0 Å². The molecule has 49 heavy (non-hydrogen) atoms. The van der Waals surface area contributed by atoms with Gasteiger partial charge in [-0.25, -0.2) is 4.79 Å². The van der Waals surface area contributed by atoms with Crippen molar-refractivity contribution in [3.05, 3.63) is 52.9 Å². The Morgan fingerprint density at radius 1 is 1.00 bits per heavy atom. The minimum absolute atomic E-state index is 0.0620. The van der Waals surface area contributed by atoms with E-state index in [0.717, 1.165) is 11.1 Å². The third-order valence-electron chi connectivity index (χ3n) is 8.51. The van der Waals surface area contributed by atoms with E-state index in [9.17, 15) is 28.8 Å². The van der Waals surface area contributed by atoms with Gasteiger partial charge in [0.1, 0.15) is 30.1 Å². The van der Waals surface area contributed by atoms with Crippen LogP contribution in [0.3, 0.4) is 0 Å². The number of ether oxygens (including phenoxy) is 1. The number of rotatable bonds is 14. The van der Waals surface area contributed by atoms with Crippen molar-refractivity contribution in [1.82, 2.24) is 31.7 Å². The third kappa shape index (κ3) is 10.6. The Balaban J connectivity index is 1.52. The number of amides is 5. The first-order valence-electron chi connectivity index (χ1n) is 16.8. The van der Waals surface area contributed by atoms with Gasteiger partial charge in [-0.05, 0) is 82.8 Å². The molecule has 2 aromatic rings. The van der Waals surface area contributed by atoms with Gasteiger partial charge in [0.05, 0.1) is 6.04 Å². The molecule has 3 unspecified atom stereocenters. The number of alkyl carbamates (subject to hydrolysis) is 1. The van der Waals surface area contributed by atoms with E-state index in [-0.39, 0.29) is 37.2 Å². The third-order valence-corrected chi connectivity index (χ3v) is 8.51. The summed E-state index contributed by atoms with van der Waals surface area (Å²) in [5, 5.41) is 17.3. The average Bonchev–Trinajstić information content (AvgIpc) is 3.76. The lowest BCUT2D eigenvalue weighted by molar-refractivity contribution is -0.142. The number of aryl methyl sites for hydroxylation is 1. The molecule has 0 radical (unpaired) electrons. The molecule has 5 N–H and O–H groups in total. The van der Waals surface area contributed by atoms with Crippen LogP contribution in [0.1, 0.15) is 76.5 Å². The molecule has 4 rings (SSSR count). The number of fused-ring (bicyclic) bond motifs is 1. The van der Waals surface area contributed by atoms with Crippen LogP contribution in [0.4, 0.5) is 4.79 Å². The summed E-state index contributed by atoms with van der Waals surface area (Å²) in [6, 6.07) is 5.91. The van der Waals surface area contributed by atoms with Crippen LogP contribution < -0.4 is 26.6 Å². The number of nitrogens with zero attached hydrogens (tertiary/aromatic N) is 1. The number of ketones is 1. The van der Waals surface area contributed by atoms with E-state index >= 15 is 0 Å². The largest absolute Gasteiger partial charge is 0.443 e. The number of hydrogen-bond acceptors (Lipinski definition) is 9. The molecule has 1 fully saturated rings. The molecule has 14 nitrogen and oxygen atoms in total. The normalized spacial score (nSPS) is 17.8. The Morgan fingerprint density at radius 2 is 1.65 bits per heavy atom. The summed E-state index contributed by atoms with van der Waals surface area (Å²) >= 11 is 0. The van der Waals surface area contributed by atoms with Crippen molar-refractivity contribution in [2.75, 3.05) is 6.54 Å². The van der Waals surface area contributed by atoms with E-state index < -0.39 is 59.2 Å². The second kappa shape index (κ2) is 16.1. The van der Waals surface area contributed by atoms with Crippen LogP contribution in [-0.2, 0) is 48.2 Å². The van der Waals surface area contributed by atoms with Crippen LogP contribution in [0, 0.1) is 24.7 Å². The van der Waals surface area contributed by atoms with Gasteiger partial charge in [0.15, 0.2) is 0 Å². The van der Waals surface area contributed by atoms with E-state index in [1.54, 1.807) is 33.8 Å². The zero-order valence-corrected chi connectivity index (χ0v) is 29.0. The molecule has 1 aliphatic carbocycles. The van der Waals surface area contributed by atoms with Gasteiger partial charge in [-0.2, -0.15) is 0 Å². The Kier molecular flexibility index (Phi) is 12.2. The molecular formula is C35H48N6O8. The lowest BCUT2D eigenvalue weighted by atomic mass is 9.93. The van der Waals surface area contributed by atoms with Gasteiger partial charge < -0.3 is 35.8 Å². The fourth-order valence-corrected chi connectivity index (χ4v) is 6.20. The van der Waals surface area contributed by atoms with Crippen LogP contribution in [0.2, 0.25) is 0 Å². The van der Waals surface area contributed by atoms with Gasteiger partial charge in [0.2, 0.25) is 23.5 Å². The Hall–Kier alpha value is -4.75. The summed E-state index contributed by atoms with van der Waals surface area (Å²) in [4.78, 5) is 79.5. The molecule has 2 heterocycles. The summed E-state index contributed by atoms with van der Waals surface area (Å²) in [5.41, 5.74) is 1.81. The summed E-state index contributed by atoms with van der Waals surface area (Å²) in [6.45, 7) is 10.9. The standard InChI is InChI=1S/C35H48N6O8/c1-19(2)13-27(31(44)37-26(17-23-11-12-36-30(23)43)29(42)33(46)40-35(4,5)6)38-32(45)28(24-15-21-9-7-8-10-22(21)16-24)39-34(47)48-18-25-14-20(3)49-41-25/h7-10,14,19,23-24,26-28H,11-13,15-18H2,1-6H3,(H,36,43)(H,37,44)(H,38,45)(H,39,47)(H,40,46)/t23-,26?,27?,28?/m0/s1. The fourth-order valence-electron chi connectivity index (χ4n) is 6.20. The monoisotopic (exact) mass is 680 g/mol. The number of aromatic nitrogens is 1. The second-order valence-corrected chi connectivity index (χ2v) is 14.4. The quantitative estimate of drug-likeness (QED) is 0.185. The molecule has 5 amide bonds. The molecule has 4 atom stereocenters. The van der Waals surface area contributed by atoms with Gasteiger partial charge in [-0.1, -0.05) is 43.3 Å². The van der Waals surface area contributed by atoms with Gasteiger partial charge in [-0.15, -0.1) is 0 Å². The summed E-state index contributed by atoms with van der Waals surface area (Å²) in [6.07, 6.45) is 0.769. The summed E-state index contributed by atoms with van der Waals surface area (Å²) < 4.78 is 10.4. The molecule has 14 heteroatoms. The van der Waals surface area contributed by atoms with Crippen LogP contribution in [-0.4, -0.2) is 70.9 Å². The zero-order chi connectivity index (χ0) is 35.9. The Labute approximate surface area is 286 Å². The van der Waals surface area contributed by atoms with Gasteiger partial charge in [-0.3, -0.25) is 24.0 Å². The molecular weight excluding hydrogens is 632 g/mol. The maximum atomic E-state index is 14.0. The van der Waals surface area contributed by atoms with Crippen LogP contribution in [0.25, 0.3) is 0 Å². The minimum atomic E-state index is -1.30. The summed E-state index contributed by atoms with van der Waals surface area (Å²) in [5.74, 6) is -3.72. The number of carbonyl (C=O) groups is 6. The molecule has 1 saturated heterocycles. The molecule has 0 spiro atoms. The SMILES string of the molecule is Cc1cc(COC(=O)NC(C(=O)NC(CC(C)C)C(=O)NC(C[C@@H]2CCNC2=O)C(=O)C(=O)NC(C)(C)C)C2Cc3ccccc3C2)no1. The first-order chi connectivity index (χ1) is 23.1. The zero-order valence-electron chi connectivity index (χ0n) is 29.0. The first-order valence-corrected chi connectivity index (χ1v) is 16.8. The fraction of sp³-hybridized carbons (Fsp3) is 0.571. The van der Waals surface area contributed by atoms with Crippen molar-refractivity contribution in [3.8, 4) is 0 Å². The minimum Gasteiger partial charge on any atom is -0.443 e. The number of Topliss-reactive ketones (excluding diaryl/α,β-unsaturated/α-hetero) is 1. The highest BCUT2D eigenvalue weighted by molar-refractivity contribution is 6.38. The Morgan fingerprint density at radius 3 is 2.20 bits per heavy atom. The summed E-state index contributed by atoms with van der Waals surface area (Å²) in [7, 11) is 0. The van der Waals surface area contributed by atoms with Gasteiger partial charge >= 0.3 is 6.09 Å². The number of benzene rings is 1. The molecule has 2 aliphatic rings. The molecule has 0 bridgehead atoms. The van der Waals surface area contributed by atoms with Crippen LogP contribution in [0.5, 0.6) is 0 Å². The van der Waals surface area contributed by atoms with E-state index in [4.69, 9.17) is 9.26 Å². The number of nitrogens with one attached hydrogen (secondary N) is 5. The van der Waals surface area contributed by atoms with Crippen molar-refractivity contribution < 1.29 is 38.0 Å². The second-order valence-electron chi connectivity index (χ2n) is 14.4. The van der Waals surface area contributed by atoms with E-state index in [0.29, 0.717) is 37.3 Å². The maximum absolute atomic E-state index is 14.0. The highest BCUT2D eigenvalue weighted by atomic mass is 16.6. The van der Waals surface area contributed by atoms with E-state index in [1.807, 2.05) is 38.1 Å². The molecule has 1 aromatic heterocycles. The first kappa shape index (κ1) is 37.1. The van der Waals surface area contributed by atoms with Gasteiger partial charge in [0, 0.05) is 24.1 Å². The number of carbonyl (C=O) groups excluding carboxylic acids is 6. The molecule has 1 aromatic carbocycles. The predicted octanol–water partition coefficient (Wildman–Crippen LogP) is 2.02. The van der Waals surface area contributed by atoms with Crippen molar-refractivity contribution in [2.24, 2.45) is 17.8 Å². The molecule has 1 aliphatic heterocycles. The average molecular weight is 681 g/mol. The van der Waals surface area contributed by atoms with Crippen molar-refractivity contribution >= 4 is 35.5 Å². The molecule has 0 saturated carbocycles. The smallest absolute Gasteiger partial charge is 0.408 e. The molecule has 266 valence electrons. The topological polar surface area (TPSA) is 198 Å². The van der Waals surface area contributed by atoms with Crippen molar-refractivity contribution in [3.63, 3.8) is 0 Å². The lowest BCUT2D eigenvalue weighted by Crippen LogP contribution is -2.59. The van der Waals surface area contributed by atoms with Crippen molar-refractivity contribution in [2.45, 2.75) is 104 Å².